The lowest BCUT2D eigenvalue weighted by Gasteiger charge is -2.19. The summed E-state index contributed by atoms with van der Waals surface area (Å²) in [7, 11) is 1.68. The van der Waals surface area contributed by atoms with Gasteiger partial charge in [0.1, 0.15) is 17.6 Å². The predicted octanol–water partition coefficient (Wildman–Crippen LogP) is 4.09. The van der Waals surface area contributed by atoms with E-state index in [4.69, 9.17) is 4.74 Å². The molecular formula is C22H20N6O. The number of nitrogens with zero attached hydrogens (tertiary/aromatic N) is 3. The van der Waals surface area contributed by atoms with Crippen LogP contribution in [0.3, 0.4) is 0 Å². The number of aromatic amines is 2. The summed E-state index contributed by atoms with van der Waals surface area (Å²) < 4.78 is 5.33. The number of methoxy groups -OCH3 is 1. The van der Waals surface area contributed by atoms with Crippen molar-refractivity contribution in [1.82, 2.24) is 24.9 Å². The maximum atomic E-state index is 5.33. The van der Waals surface area contributed by atoms with E-state index < -0.39 is 0 Å². The molecular weight excluding hydrogens is 364 g/mol. The van der Waals surface area contributed by atoms with Gasteiger partial charge in [-0.2, -0.15) is 0 Å². The van der Waals surface area contributed by atoms with Gasteiger partial charge in [-0.1, -0.05) is 30.3 Å². The third-order valence-corrected chi connectivity index (χ3v) is 5.21. The van der Waals surface area contributed by atoms with Crippen molar-refractivity contribution in [2.75, 3.05) is 19.0 Å². The molecule has 0 radical (unpaired) electrons. The van der Waals surface area contributed by atoms with Gasteiger partial charge >= 0.3 is 0 Å². The zero-order valence-electron chi connectivity index (χ0n) is 15.9. The van der Waals surface area contributed by atoms with E-state index in [1.165, 1.54) is 22.8 Å². The fourth-order valence-corrected chi connectivity index (χ4v) is 3.72. The molecule has 3 N–H and O–H groups in total. The number of imidazole rings is 1. The lowest BCUT2D eigenvalue weighted by atomic mass is 9.91. The molecule has 29 heavy (non-hydrogen) atoms. The van der Waals surface area contributed by atoms with Crippen LogP contribution < -0.4 is 10.1 Å². The van der Waals surface area contributed by atoms with Gasteiger partial charge in [-0.05, 0) is 29.3 Å². The molecule has 0 aliphatic heterocycles. The molecule has 3 aromatic heterocycles. The van der Waals surface area contributed by atoms with Crippen molar-refractivity contribution in [3.8, 4) is 5.75 Å². The zero-order valence-corrected chi connectivity index (χ0v) is 15.9. The molecule has 7 nitrogen and oxygen atoms in total. The second kappa shape index (κ2) is 7.27. The fraction of sp³-hybridized carbons (Fsp3) is 0.136. The normalized spacial score (nSPS) is 12.3. The van der Waals surface area contributed by atoms with Crippen molar-refractivity contribution in [1.29, 1.82) is 0 Å². The molecule has 5 aromatic rings. The Morgan fingerprint density at radius 1 is 1.00 bits per heavy atom. The molecule has 2 aromatic carbocycles. The molecule has 3 heterocycles. The Hall–Kier alpha value is -3.87. The molecule has 0 bridgehead atoms. The third-order valence-electron chi connectivity index (χ3n) is 5.21. The highest BCUT2D eigenvalue weighted by Gasteiger charge is 2.19. The second-order valence-corrected chi connectivity index (χ2v) is 6.82. The zero-order chi connectivity index (χ0) is 19.6. The van der Waals surface area contributed by atoms with Crippen LogP contribution in [0.2, 0.25) is 0 Å². The number of H-pyrrole nitrogens is 2. The molecule has 144 valence electrons. The summed E-state index contributed by atoms with van der Waals surface area (Å²) in [6.45, 7) is 0.666. The standard InChI is InChI=1S/C22H20N6O/c1-29-15-8-6-14(7-9-15)17(18-11-23-19-5-3-2-4-16(18)19)10-24-21-20-22(26-12-25-20)28-13-27-21/h2-9,11-13,17,23H,10H2,1H3,(H2,24,25,26,27,28). The van der Waals surface area contributed by atoms with Crippen LogP contribution in [0.4, 0.5) is 5.82 Å². The highest BCUT2D eigenvalue weighted by atomic mass is 16.5. The Morgan fingerprint density at radius 3 is 2.72 bits per heavy atom. The van der Waals surface area contributed by atoms with Gasteiger partial charge in [0.15, 0.2) is 11.5 Å². The summed E-state index contributed by atoms with van der Waals surface area (Å²) in [5.41, 5.74) is 5.00. The van der Waals surface area contributed by atoms with E-state index in [0.29, 0.717) is 12.2 Å². The van der Waals surface area contributed by atoms with Crippen LogP contribution in [0.15, 0.2) is 67.4 Å². The summed E-state index contributed by atoms with van der Waals surface area (Å²) in [4.78, 5) is 19.3. The predicted molar refractivity (Wildman–Crippen MR) is 113 cm³/mol. The Morgan fingerprint density at radius 2 is 1.86 bits per heavy atom. The topological polar surface area (TPSA) is 91.5 Å². The van der Waals surface area contributed by atoms with Crippen LogP contribution in [0.5, 0.6) is 5.75 Å². The monoisotopic (exact) mass is 384 g/mol. The van der Waals surface area contributed by atoms with Gasteiger partial charge < -0.3 is 20.0 Å². The van der Waals surface area contributed by atoms with E-state index in [-0.39, 0.29) is 5.92 Å². The van der Waals surface area contributed by atoms with Crippen LogP contribution in [0.25, 0.3) is 22.1 Å². The third kappa shape index (κ3) is 3.16. The van der Waals surface area contributed by atoms with Crippen molar-refractivity contribution in [3.05, 3.63) is 78.5 Å². The molecule has 0 amide bonds. The molecule has 1 unspecified atom stereocenters. The highest BCUT2D eigenvalue weighted by Crippen LogP contribution is 2.32. The molecule has 0 fully saturated rings. The number of hydrogen-bond donors (Lipinski definition) is 3. The first-order valence-corrected chi connectivity index (χ1v) is 9.41. The van der Waals surface area contributed by atoms with Crippen LogP contribution in [0.1, 0.15) is 17.0 Å². The first-order chi connectivity index (χ1) is 14.3. The largest absolute Gasteiger partial charge is 0.497 e. The number of nitrogens with one attached hydrogen (secondary N) is 3. The number of rotatable bonds is 6. The Kier molecular flexibility index (Phi) is 4.32. The molecule has 7 heteroatoms. The van der Waals surface area contributed by atoms with Gasteiger partial charge in [0.2, 0.25) is 0 Å². The molecule has 0 spiro atoms. The van der Waals surface area contributed by atoms with Crippen LogP contribution in [-0.2, 0) is 0 Å². The van der Waals surface area contributed by atoms with E-state index >= 15 is 0 Å². The minimum Gasteiger partial charge on any atom is -0.497 e. The van der Waals surface area contributed by atoms with E-state index in [1.807, 2.05) is 18.2 Å². The minimum absolute atomic E-state index is 0.116. The smallest absolute Gasteiger partial charge is 0.182 e. The summed E-state index contributed by atoms with van der Waals surface area (Å²) in [5, 5.41) is 4.70. The quantitative estimate of drug-likeness (QED) is 0.410. The summed E-state index contributed by atoms with van der Waals surface area (Å²) in [5.74, 6) is 1.70. The number of fused-ring (bicyclic) bond motifs is 2. The lowest BCUT2D eigenvalue weighted by Crippen LogP contribution is -2.15. The Labute approximate surface area is 167 Å². The molecule has 0 saturated heterocycles. The van der Waals surface area contributed by atoms with E-state index in [1.54, 1.807) is 13.4 Å². The van der Waals surface area contributed by atoms with Crippen molar-refractivity contribution >= 4 is 27.9 Å². The number of ether oxygens (including phenoxy) is 1. The summed E-state index contributed by atoms with van der Waals surface area (Å²) >= 11 is 0. The first kappa shape index (κ1) is 17.2. The van der Waals surface area contributed by atoms with Gasteiger partial charge in [-0.15, -0.1) is 0 Å². The van der Waals surface area contributed by atoms with Crippen molar-refractivity contribution in [3.63, 3.8) is 0 Å². The molecule has 5 rings (SSSR count). The maximum Gasteiger partial charge on any atom is 0.182 e. The summed E-state index contributed by atoms with van der Waals surface area (Å²) in [6.07, 6.45) is 5.25. The van der Waals surface area contributed by atoms with Crippen LogP contribution >= 0.6 is 0 Å². The van der Waals surface area contributed by atoms with Gasteiger partial charge in [0.05, 0.1) is 13.4 Å². The Bertz CT molecular complexity index is 1260. The van der Waals surface area contributed by atoms with E-state index in [0.717, 1.165) is 22.6 Å². The first-order valence-electron chi connectivity index (χ1n) is 9.41. The highest BCUT2D eigenvalue weighted by molar-refractivity contribution is 5.85. The van der Waals surface area contributed by atoms with E-state index in [2.05, 4.69) is 66.8 Å². The van der Waals surface area contributed by atoms with Crippen LogP contribution in [0, 0.1) is 0 Å². The number of benzene rings is 2. The van der Waals surface area contributed by atoms with Crippen molar-refractivity contribution < 1.29 is 4.74 Å². The molecule has 0 aliphatic carbocycles. The summed E-state index contributed by atoms with van der Waals surface area (Å²) in [6, 6.07) is 16.6. The maximum absolute atomic E-state index is 5.33. The molecule has 1 atom stereocenters. The van der Waals surface area contributed by atoms with Gasteiger partial charge in [0, 0.05) is 29.6 Å². The van der Waals surface area contributed by atoms with Gasteiger partial charge in [-0.3, -0.25) is 0 Å². The number of aromatic nitrogens is 5. The number of anilines is 1. The van der Waals surface area contributed by atoms with Crippen molar-refractivity contribution in [2.24, 2.45) is 0 Å². The van der Waals surface area contributed by atoms with Crippen LogP contribution in [-0.4, -0.2) is 38.6 Å². The van der Waals surface area contributed by atoms with E-state index in [9.17, 15) is 0 Å². The lowest BCUT2D eigenvalue weighted by molar-refractivity contribution is 0.414. The molecule has 0 aliphatic rings. The average molecular weight is 384 g/mol. The number of hydrogen-bond acceptors (Lipinski definition) is 5. The minimum atomic E-state index is 0.116. The second-order valence-electron chi connectivity index (χ2n) is 6.82. The van der Waals surface area contributed by atoms with Gasteiger partial charge in [0.25, 0.3) is 0 Å². The fourth-order valence-electron chi connectivity index (χ4n) is 3.72. The van der Waals surface area contributed by atoms with Crippen molar-refractivity contribution in [2.45, 2.75) is 5.92 Å². The SMILES string of the molecule is COc1ccc(C(CNc2ncnc3nc[nH]c23)c2c[nH]c3ccccc23)cc1. The molecule has 0 saturated carbocycles. The average Bonchev–Trinajstić information content (AvgIpc) is 3.42. The van der Waals surface area contributed by atoms with Gasteiger partial charge in [-0.25, -0.2) is 15.0 Å². The Balaban J connectivity index is 1.53. The number of para-hydroxylation sites is 1.